The lowest BCUT2D eigenvalue weighted by molar-refractivity contribution is -0.144. The maximum absolute atomic E-state index is 12.8. The molecule has 1 saturated heterocycles. The number of rotatable bonds is 6. The van der Waals surface area contributed by atoms with Crippen LogP contribution in [0, 0.1) is 0 Å². The third-order valence-corrected chi connectivity index (χ3v) is 6.88. The molecule has 4 N–H and O–H groups in total. The second-order valence-corrected chi connectivity index (χ2v) is 9.51. The van der Waals surface area contributed by atoms with Gasteiger partial charge in [-0.1, -0.05) is 25.0 Å². The van der Waals surface area contributed by atoms with Crippen LogP contribution in [0.5, 0.6) is 0 Å². The van der Waals surface area contributed by atoms with Gasteiger partial charge in [0.15, 0.2) is 5.76 Å². The van der Waals surface area contributed by atoms with E-state index in [2.05, 4.69) is 30.5 Å². The van der Waals surface area contributed by atoms with Crippen molar-refractivity contribution in [2.24, 2.45) is 0 Å². The fraction of sp³-hybridized carbons (Fsp3) is 0.480. The minimum absolute atomic E-state index is 0.163. The molecule has 8 nitrogen and oxygen atoms in total. The number of piperidine rings is 1. The van der Waals surface area contributed by atoms with Crippen LogP contribution >= 0.6 is 0 Å². The number of halogens is 3. The van der Waals surface area contributed by atoms with E-state index in [4.69, 9.17) is 10.2 Å². The molecule has 2 aliphatic rings. The highest BCUT2D eigenvalue weighted by Crippen LogP contribution is 2.29. The molecule has 36 heavy (non-hydrogen) atoms. The van der Waals surface area contributed by atoms with Gasteiger partial charge in [-0.3, -0.25) is 0 Å². The van der Waals surface area contributed by atoms with Crippen molar-refractivity contribution >= 4 is 17.4 Å². The maximum atomic E-state index is 12.8. The van der Waals surface area contributed by atoms with E-state index in [-0.39, 0.29) is 18.1 Å². The number of nitrogens with zero attached hydrogens (tertiary/aromatic N) is 4. The molecule has 0 unspecified atom stereocenters. The monoisotopic (exact) mass is 501 g/mol. The quantitative estimate of drug-likeness (QED) is 0.417. The minimum atomic E-state index is -4.54. The predicted molar refractivity (Wildman–Crippen MR) is 131 cm³/mol. The highest BCUT2D eigenvalue weighted by molar-refractivity contribution is 5.62. The van der Waals surface area contributed by atoms with Crippen LogP contribution in [0.2, 0.25) is 0 Å². The molecule has 5 rings (SSSR count). The summed E-state index contributed by atoms with van der Waals surface area (Å²) in [5.74, 6) is -0.453. The molecule has 3 atom stereocenters. The van der Waals surface area contributed by atoms with Gasteiger partial charge >= 0.3 is 6.18 Å². The van der Waals surface area contributed by atoms with Crippen molar-refractivity contribution in [3.05, 3.63) is 48.7 Å². The highest BCUT2D eigenvalue weighted by atomic mass is 19.4. The Labute approximate surface area is 207 Å². The van der Waals surface area contributed by atoms with Crippen molar-refractivity contribution in [3.8, 4) is 11.3 Å². The molecule has 3 aromatic rings. The zero-order valence-corrected chi connectivity index (χ0v) is 19.8. The van der Waals surface area contributed by atoms with E-state index in [1.807, 2.05) is 24.3 Å². The largest absolute Gasteiger partial charge is 0.451 e. The van der Waals surface area contributed by atoms with Crippen molar-refractivity contribution in [1.29, 1.82) is 0 Å². The number of nitrogen functional groups attached to an aromatic ring is 1. The molecule has 0 spiro atoms. The van der Waals surface area contributed by atoms with E-state index in [0.717, 1.165) is 50.6 Å². The summed E-state index contributed by atoms with van der Waals surface area (Å²) in [5.41, 5.74) is 8.05. The van der Waals surface area contributed by atoms with Gasteiger partial charge in [-0.2, -0.15) is 13.2 Å². The molecule has 1 saturated carbocycles. The van der Waals surface area contributed by atoms with Gasteiger partial charge < -0.3 is 25.7 Å². The number of hydrogen-bond donors (Lipinski definition) is 3. The first kappa shape index (κ1) is 24.4. The SMILES string of the molecule is Nc1cccc(-c2cnc(N[C@@H]3CCCC[C@H]3N[C@H]3CCCN(c4cnc(C(F)(F)F)nc4)C3)o2)c1. The number of nitrogens with two attached hydrogens (primary N) is 1. The molecule has 11 heteroatoms. The molecule has 192 valence electrons. The Hall–Kier alpha value is -3.34. The standard InChI is InChI=1S/C25H30F3N7O/c26-25(27,28)23-30-12-19(13-31-23)35-10-4-7-18(15-35)33-20-8-1-2-9-21(20)34-24-32-14-22(36-24)16-5-3-6-17(29)11-16/h3,5-6,11-14,18,20-21,33H,1-2,4,7-10,15,29H2,(H,32,34)/t18-,20+,21+/m0/s1. The van der Waals surface area contributed by atoms with Gasteiger partial charge in [0.05, 0.1) is 24.3 Å². The van der Waals surface area contributed by atoms with Crippen molar-refractivity contribution < 1.29 is 17.6 Å². The summed E-state index contributed by atoms with van der Waals surface area (Å²) in [6, 6.07) is 8.58. The number of alkyl halides is 3. The molecule has 3 heterocycles. The smallest absolute Gasteiger partial charge is 0.424 e. The third kappa shape index (κ3) is 5.72. The Morgan fingerprint density at radius 3 is 2.50 bits per heavy atom. The normalized spacial score (nSPS) is 23.0. The molecule has 0 amide bonds. The number of oxazole rings is 1. The van der Waals surface area contributed by atoms with Crippen LogP contribution in [0.4, 0.5) is 30.6 Å². The summed E-state index contributed by atoms with van der Waals surface area (Å²) in [6.45, 7) is 1.46. The van der Waals surface area contributed by atoms with E-state index in [9.17, 15) is 13.2 Å². The first-order valence-electron chi connectivity index (χ1n) is 12.3. The Bertz CT molecular complexity index is 1150. The third-order valence-electron chi connectivity index (χ3n) is 6.88. The summed E-state index contributed by atoms with van der Waals surface area (Å²) in [5, 5.41) is 7.28. The van der Waals surface area contributed by atoms with E-state index in [1.54, 1.807) is 6.20 Å². The van der Waals surface area contributed by atoms with Crippen LogP contribution in [0.1, 0.15) is 44.3 Å². The number of hydrogen-bond acceptors (Lipinski definition) is 8. The van der Waals surface area contributed by atoms with Gasteiger partial charge in [0.2, 0.25) is 5.82 Å². The molecule has 0 bridgehead atoms. The van der Waals surface area contributed by atoms with Gasteiger partial charge in [-0.05, 0) is 37.8 Å². The average molecular weight is 502 g/mol. The van der Waals surface area contributed by atoms with Gasteiger partial charge in [-0.25, -0.2) is 15.0 Å². The van der Waals surface area contributed by atoms with Gasteiger partial charge in [0.1, 0.15) is 0 Å². The lowest BCUT2D eigenvalue weighted by Gasteiger charge is -2.40. The minimum Gasteiger partial charge on any atom is -0.424 e. The number of nitrogens with one attached hydrogen (secondary N) is 2. The highest BCUT2D eigenvalue weighted by Gasteiger charge is 2.35. The Morgan fingerprint density at radius 1 is 0.972 bits per heavy atom. The Balaban J connectivity index is 1.21. The second kappa shape index (κ2) is 10.3. The van der Waals surface area contributed by atoms with Crippen LogP contribution in [0.15, 0.2) is 47.3 Å². The molecule has 1 aromatic carbocycles. The number of benzene rings is 1. The van der Waals surface area contributed by atoms with Crippen LogP contribution in [-0.4, -0.2) is 46.2 Å². The summed E-state index contributed by atoms with van der Waals surface area (Å²) >= 11 is 0. The first-order chi connectivity index (χ1) is 17.3. The van der Waals surface area contributed by atoms with Crippen molar-refractivity contribution in [3.63, 3.8) is 0 Å². The van der Waals surface area contributed by atoms with Crippen LogP contribution in [-0.2, 0) is 6.18 Å². The zero-order valence-electron chi connectivity index (χ0n) is 19.8. The average Bonchev–Trinajstić information content (AvgIpc) is 3.34. The molecule has 2 fully saturated rings. The maximum Gasteiger partial charge on any atom is 0.451 e. The predicted octanol–water partition coefficient (Wildman–Crippen LogP) is 4.71. The van der Waals surface area contributed by atoms with Crippen molar-refractivity contribution in [2.75, 3.05) is 29.0 Å². The Morgan fingerprint density at radius 2 is 1.75 bits per heavy atom. The summed E-state index contributed by atoms with van der Waals surface area (Å²) in [4.78, 5) is 13.5. The number of aromatic nitrogens is 3. The topological polar surface area (TPSA) is 105 Å². The van der Waals surface area contributed by atoms with E-state index >= 15 is 0 Å². The van der Waals surface area contributed by atoms with E-state index in [1.165, 1.54) is 12.4 Å². The Kier molecular flexibility index (Phi) is 6.99. The first-order valence-corrected chi connectivity index (χ1v) is 12.3. The molecule has 0 radical (unpaired) electrons. The van der Waals surface area contributed by atoms with E-state index in [0.29, 0.717) is 29.7 Å². The number of anilines is 3. The van der Waals surface area contributed by atoms with E-state index < -0.39 is 12.0 Å². The molecule has 1 aliphatic heterocycles. The molecule has 2 aromatic heterocycles. The summed E-state index contributed by atoms with van der Waals surface area (Å²) < 4.78 is 44.4. The molecular formula is C25H30F3N7O. The molecule has 1 aliphatic carbocycles. The van der Waals surface area contributed by atoms with Gasteiger partial charge in [0.25, 0.3) is 6.01 Å². The van der Waals surface area contributed by atoms with Gasteiger partial charge in [0, 0.05) is 42.5 Å². The second-order valence-electron chi connectivity index (χ2n) is 9.51. The lowest BCUT2D eigenvalue weighted by Crippen LogP contribution is -2.55. The fourth-order valence-corrected chi connectivity index (χ4v) is 5.11. The van der Waals surface area contributed by atoms with Crippen molar-refractivity contribution in [2.45, 2.75) is 62.8 Å². The lowest BCUT2D eigenvalue weighted by atomic mass is 9.89. The summed E-state index contributed by atoms with van der Waals surface area (Å²) in [7, 11) is 0. The molecular weight excluding hydrogens is 471 g/mol. The van der Waals surface area contributed by atoms with Gasteiger partial charge in [-0.15, -0.1) is 0 Å². The summed E-state index contributed by atoms with van der Waals surface area (Å²) in [6.07, 6.45) is 5.92. The van der Waals surface area contributed by atoms with Crippen LogP contribution < -0.4 is 21.3 Å². The van der Waals surface area contributed by atoms with Crippen LogP contribution in [0.25, 0.3) is 11.3 Å². The van der Waals surface area contributed by atoms with Crippen molar-refractivity contribution in [1.82, 2.24) is 20.3 Å². The fourth-order valence-electron chi connectivity index (χ4n) is 5.11. The van der Waals surface area contributed by atoms with Crippen LogP contribution in [0.3, 0.4) is 0 Å². The zero-order chi connectivity index (χ0) is 25.1.